The first kappa shape index (κ1) is 22.7. The third kappa shape index (κ3) is 4.53. The van der Waals surface area contributed by atoms with Crippen LogP contribution in [0.2, 0.25) is 0 Å². The van der Waals surface area contributed by atoms with E-state index in [2.05, 4.69) is 4.90 Å². The van der Waals surface area contributed by atoms with Crippen LogP contribution in [0.15, 0.2) is 54.6 Å². The van der Waals surface area contributed by atoms with E-state index in [-0.39, 0.29) is 24.4 Å². The van der Waals surface area contributed by atoms with E-state index < -0.39 is 17.3 Å². The Morgan fingerprint density at radius 2 is 1.61 bits per heavy atom. The highest BCUT2D eigenvalue weighted by Crippen LogP contribution is 2.49. The molecule has 3 unspecified atom stereocenters. The van der Waals surface area contributed by atoms with Crippen LogP contribution in [0.4, 0.5) is 13.2 Å². The molecule has 0 radical (unpaired) electrons. The number of hydrogen-bond donors (Lipinski definition) is 1. The Balaban J connectivity index is 0.00000280. The second-order valence-corrected chi connectivity index (χ2v) is 7.67. The van der Waals surface area contributed by atoms with Gasteiger partial charge < -0.3 is 10.0 Å². The molecule has 1 N–H and O–H groups in total. The van der Waals surface area contributed by atoms with Gasteiger partial charge in [0, 0.05) is 12.0 Å². The molecule has 2 aromatic rings. The highest BCUT2D eigenvalue weighted by Gasteiger charge is 2.45. The van der Waals surface area contributed by atoms with Crippen LogP contribution in [0.1, 0.15) is 48.4 Å². The van der Waals surface area contributed by atoms with Crippen molar-refractivity contribution in [3.63, 3.8) is 0 Å². The third-order valence-corrected chi connectivity index (χ3v) is 5.73. The Morgan fingerprint density at radius 3 is 2.14 bits per heavy atom. The predicted molar refractivity (Wildman–Crippen MR) is 107 cm³/mol. The largest absolute Gasteiger partial charge is 0.416 e. The number of alkyl halides is 3. The summed E-state index contributed by atoms with van der Waals surface area (Å²) >= 11 is 0. The van der Waals surface area contributed by atoms with Crippen molar-refractivity contribution in [2.45, 2.75) is 43.5 Å². The fraction of sp³-hybridized carbons (Fsp3) is 0.455. The van der Waals surface area contributed by atoms with Gasteiger partial charge in [0.1, 0.15) is 0 Å². The first-order chi connectivity index (χ1) is 12.7. The summed E-state index contributed by atoms with van der Waals surface area (Å²) in [5, 5.41) is 11.7. The zero-order valence-electron chi connectivity index (χ0n) is 16.1. The molecule has 0 bridgehead atoms. The van der Waals surface area contributed by atoms with Crippen LogP contribution in [0.3, 0.4) is 0 Å². The molecule has 0 aliphatic heterocycles. The molecule has 2 nitrogen and oxygen atoms in total. The lowest BCUT2D eigenvalue weighted by molar-refractivity contribution is -0.137. The molecule has 0 aromatic heterocycles. The minimum absolute atomic E-state index is 0. The number of hydrogen-bond acceptors (Lipinski definition) is 2. The molecular formula is C22H27ClF3NO. The van der Waals surface area contributed by atoms with Crippen LogP contribution in [-0.2, 0) is 11.8 Å². The average molecular weight is 414 g/mol. The summed E-state index contributed by atoms with van der Waals surface area (Å²) in [5.74, 6) is -0.0969. The molecule has 28 heavy (non-hydrogen) atoms. The standard InChI is InChI=1S/C22H26F3NO.ClH/c1-26(2)20(16-8-4-3-5-9-16)19-10-6-7-15-21(19,27)17-11-13-18(14-12-17)22(23,24)25;/h3-5,8-9,11-14,19-20,27H,6-7,10,15H2,1-2H3;1H. The summed E-state index contributed by atoms with van der Waals surface area (Å²) in [6, 6.07) is 15.0. The SMILES string of the molecule is CN(C)C(c1ccccc1)C1CCCCC1(O)c1ccc(C(F)(F)F)cc1.Cl. The molecule has 1 aliphatic rings. The van der Waals surface area contributed by atoms with Gasteiger partial charge in [-0.15, -0.1) is 12.4 Å². The van der Waals surface area contributed by atoms with E-state index in [0.29, 0.717) is 12.0 Å². The van der Waals surface area contributed by atoms with Crippen LogP contribution >= 0.6 is 12.4 Å². The van der Waals surface area contributed by atoms with Crippen molar-refractivity contribution in [2.24, 2.45) is 5.92 Å². The second kappa shape index (κ2) is 8.85. The monoisotopic (exact) mass is 413 g/mol. The van der Waals surface area contributed by atoms with Crippen LogP contribution in [0, 0.1) is 5.92 Å². The third-order valence-electron chi connectivity index (χ3n) is 5.73. The fourth-order valence-electron chi connectivity index (χ4n) is 4.45. The molecule has 2 aromatic carbocycles. The van der Waals surface area contributed by atoms with Crippen LogP contribution in [0.25, 0.3) is 0 Å². The molecule has 154 valence electrons. The van der Waals surface area contributed by atoms with Gasteiger partial charge in [-0.3, -0.25) is 0 Å². The maximum atomic E-state index is 12.9. The number of aliphatic hydroxyl groups is 1. The van der Waals surface area contributed by atoms with Gasteiger partial charge in [-0.05, 0) is 50.2 Å². The van der Waals surface area contributed by atoms with Crippen molar-refractivity contribution < 1.29 is 18.3 Å². The summed E-state index contributed by atoms with van der Waals surface area (Å²) in [6.45, 7) is 0. The Morgan fingerprint density at radius 1 is 1.00 bits per heavy atom. The first-order valence-corrected chi connectivity index (χ1v) is 9.35. The summed E-state index contributed by atoms with van der Waals surface area (Å²) in [5.41, 5.74) is -0.148. The van der Waals surface area contributed by atoms with E-state index in [1.165, 1.54) is 12.1 Å². The maximum Gasteiger partial charge on any atom is 0.416 e. The van der Waals surface area contributed by atoms with E-state index in [0.717, 1.165) is 37.0 Å². The molecule has 3 rings (SSSR count). The lowest BCUT2D eigenvalue weighted by Crippen LogP contribution is -2.45. The molecule has 1 saturated carbocycles. The van der Waals surface area contributed by atoms with Gasteiger partial charge >= 0.3 is 6.18 Å². The Bertz CT molecular complexity index is 749. The molecular weight excluding hydrogens is 387 g/mol. The molecule has 0 spiro atoms. The topological polar surface area (TPSA) is 23.5 Å². The van der Waals surface area contributed by atoms with E-state index in [1.54, 1.807) is 0 Å². The van der Waals surface area contributed by atoms with E-state index in [9.17, 15) is 18.3 Å². The van der Waals surface area contributed by atoms with Crippen molar-refractivity contribution in [1.29, 1.82) is 0 Å². The van der Waals surface area contributed by atoms with Crippen LogP contribution < -0.4 is 0 Å². The fourth-order valence-corrected chi connectivity index (χ4v) is 4.45. The average Bonchev–Trinajstić information content (AvgIpc) is 2.64. The number of halogens is 4. The molecule has 0 amide bonds. The molecule has 3 atom stereocenters. The summed E-state index contributed by atoms with van der Waals surface area (Å²) in [4.78, 5) is 2.10. The van der Waals surface area contributed by atoms with E-state index in [4.69, 9.17) is 0 Å². The molecule has 1 fully saturated rings. The smallest absolute Gasteiger partial charge is 0.385 e. The van der Waals surface area contributed by atoms with Gasteiger partial charge in [-0.1, -0.05) is 55.3 Å². The van der Waals surface area contributed by atoms with Gasteiger partial charge in [-0.2, -0.15) is 13.2 Å². The number of rotatable bonds is 4. The van der Waals surface area contributed by atoms with E-state index >= 15 is 0 Å². The molecule has 0 heterocycles. The van der Waals surface area contributed by atoms with Gasteiger partial charge in [0.15, 0.2) is 0 Å². The van der Waals surface area contributed by atoms with Crippen LogP contribution in [0.5, 0.6) is 0 Å². The first-order valence-electron chi connectivity index (χ1n) is 9.35. The maximum absolute atomic E-state index is 12.9. The van der Waals surface area contributed by atoms with Crippen molar-refractivity contribution >= 4 is 12.4 Å². The number of benzene rings is 2. The number of nitrogens with zero attached hydrogens (tertiary/aromatic N) is 1. The lowest BCUT2D eigenvalue weighted by atomic mass is 9.67. The van der Waals surface area contributed by atoms with Gasteiger partial charge in [-0.25, -0.2) is 0 Å². The lowest BCUT2D eigenvalue weighted by Gasteiger charge is -2.46. The van der Waals surface area contributed by atoms with Crippen molar-refractivity contribution in [2.75, 3.05) is 14.1 Å². The summed E-state index contributed by atoms with van der Waals surface area (Å²) in [6.07, 6.45) is -1.12. The normalized spacial score (nSPS) is 23.9. The van der Waals surface area contributed by atoms with Crippen molar-refractivity contribution in [1.82, 2.24) is 4.90 Å². The summed E-state index contributed by atoms with van der Waals surface area (Å²) in [7, 11) is 3.97. The Labute approximate surface area is 170 Å². The van der Waals surface area contributed by atoms with E-state index in [1.807, 2.05) is 44.4 Å². The second-order valence-electron chi connectivity index (χ2n) is 7.67. The zero-order valence-corrected chi connectivity index (χ0v) is 16.9. The quantitative estimate of drug-likeness (QED) is 0.683. The minimum Gasteiger partial charge on any atom is -0.385 e. The predicted octanol–water partition coefficient (Wildman–Crippen LogP) is 5.81. The summed E-state index contributed by atoms with van der Waals surface area (Å²) < 4.78 is 38.8. The van der Waals surface area contributed by atoms with Crippen LogP contribution in [-0.4, -0.2) is 24.1 Å². The van der Waals surface area contributed by atoms with Gasteiger partial charge in [0.05, 0.1) is 11.2 Å². The molecule has 0 saturated heterocycles. The Hall–Kier alpha value is -1.56. The minimum atomic E-state index is -4.37. The molecule has 1 aliphatic carbocycles. The Kier molecular flexibility index (Phi) is 7.18. The van der Waals surface area contributed by atoms with Gasteiger partial charge in [0.25, 0.3) is 0 Å². The highest BCUT2D eigenvalue weighted by atomic mass is 35.5. The highest BCUT2D eigenvalue weighted by molar-refractivity contribution is 5.85. The van der Waals surface area contributed by atoms with Crippen molar-refractivity contribution in [3.05, 3.63) is 71.3 Å². The van der Waals surface area contributed by atoms with Gasteiger partial charge in [0.2, 0.25) is 0 Å². The zero-order chi connectivity index (χ0) is 19.7. The van der Waals surface area contributed by atoms with Crippen molar-refractivity contribution in [3.8, 4) is 0 Å². The molecule has 6 heteroatoms.